The van der Waals surface area contributed by atoms with Crippen LogP contribution in [-0.2, 0) is 4.74 Å². The van der Waals surface area contributed by atoms with Crippen LogP contribution < -0.4 is 10.6 Å². The Morgan fingerprint density at radius 1 is 1.33 bits per heavy atom. The van der Waals surface area contributed by atoms with E-state index in [9.17, 15) is 0 Å². The van der Waals surface area contributed by atoms with E-state index in [1.54, 1.807) is 18.6 Å². The number of nitrogens with zero attached hydrogens (tertiary/aromatic N) is 6. The minimum absolute atomic E-state index is 0.252. The quantitative estimate of drug-likeness (QED) is 0.606. The lowest BCUT2D eigenvalue weighted by atomic mass is 10.1. The summed E-state index contributed by atoms with van der Waals surface area (Å²) in [5, 5.41) is 7.47. The number of nitrogens with one attached hydrogen (secondary N) is 1. The number of hydrogen-bond acceptors (Lipinski definition) is 8. The molecule has 0 aliphatic carbocycles. The molecule has 0 radical (unpaired) electrons. The molecule has 4 rings (SSSR count). The second kappa shape index (κ2) is 7.41. The number of hydrogen-bond donors (Lipinski definition) is 2. The summed E-state index contributed by atoms with van der Waals surface area (Å²) in [6.07, 6.45) is 9.37. The number of rotatable bonds is 4. The second-order valence-corrected chi connectivity index (χ2v) is 6.75. The van der Waals surface area contributed by atoms with Crippen LogP contribution in [0.5, 0.6) is 0 Å². The zero-order valence-electron chi connectivity index (χ0n) is 14.3. The first-order valence-electron chi connectivity index (χ1n) is 8.30. The van der Waals surface area contributed by atoms with Crippen LogP contribution in [0.25, 0.3) is 17.2 Å². The summed E-state index contributed by atoms with van der Waals surface area (Å²) in [5.74, 6) is 1.36. The van der Waals surface area contributed by atoms with Gasteiger partial charge in [-0.25, -0.2) is 19.9 Å². The molecule has 1 aliphatic heterocycles. The first-order chi connectivity index (χ1) is 13.2. The largest absolute Gasteiger partial charge is 0.404 e. The third-order valence-corrected chi connectivity index (χ3v) is 4.77. The molecule has 1 unspecified atom stereocenters. The summed E-state index contributed by atoms with van der Waals surface area (Å²) in [5.41, 5.74) is 7.74. The standard InChI is InChI=1S/C17H17BrN8O/c18-14-10-26-12(7-23-16(26)8-22-14)17-21-2-1-15(24-17)25-3-4-27-13(9-25)11(5-19)6-20/h1-2,5-8,10,13,19H,3-4,9,20H2. The maximum absolute atomic E-state index is 7.47. The first-order valence-corrected chi connectivity index (χ1v) is 9.09. The van der Waals surface area contributed by atoms with Gasteiger partial charge in [-0.15, -0.1) is 0 Å². The minimum Gasteiger partial charge on any atom is -0.404 e. The number of aromatic nitrogens is 5. The summed E-state index contributed by atoms with van der Waals surface area (Å²) < 4.78 is 8.33. The molecule has 1 aliphatic rings. The Kier molecular flexibility index (Phi) is 4.82. The molecule has 10 heteroatoms. The smallest absolute Gasteiger partial charge is 0.180 e. The first kappa shape index (κ1) is 17.6. The summed E-state index contributed by atoms with van der Waals surface area (Å²) in [6, 6.07) is 1.86. The van der Waals surface area contributed by atoms with Crippen LogP contribution in [0.1, 0.15) is 0 Å². The van der Waals surface area contributed by atoms with E-state index in [0.29, 0.717) is 35.7 Å². The maximum atomic E-state index is 7.47. The van der Waals surface area contributed by atoms with Crippen LogP contribution in [0.4, 0.5) is 5.82 Å². The summed E-state index contributed by atoms with van der Waals surface area (Å²) in [4.78, 5) is 19.8. The number of halogens is 1. The molecular weight excluding hydrogens is 412 g/mol. The van der Waals surface area contributed by atoms with E-state index in [-0.39, 0.29) is 6.10 Å². The topological polar surface area (TPSA) is 118 Å². The molecule has 0 bridgehead atoms. The van der Waals surface area contributed by atoms with Crippen LogP contribution >= 0.6 is 15.9 Å². The molecule has 3 N–H and O–H groups in total. The van der Waals surface area contributed by atoms with Crippen molar-refractivity contribution in [2.24, 2.45) is 5.73 Å². The predicted molar refractivity (Wildman–Crippen MR) is 105 cm³/mol. The lowest BCUT2D eigenvalue weighted by Gasteiger charge is -2.34. The van der Waals surface area contributed by atoms with Crippen molar-refractivity contribution in [1.29, 1.82) is 5.41 Å². The molecule has 0 aromatic carbocycles. The van der Waals surface area contributed by atoms with E-state index in [1.165, 1.54) is 12.4 Å². The lowest BCUT2D eigenvalue weighted by Crippen LogP contribution is -2.44. The molecule has 0 spiro atoms. The monoisotopic (exact) mass is 428 g/mol. The fourth-order valence-corrected chi connectivity index (χ4v) is 3.29. The van der Waals surface area contributed by atoms with Crippen molar-refractivity contribution in [3.8, 4) is 11.5 Å². The number of morpholine rings is 1. The zero-order valence-corrected chi connectivity index (χ0v) is 15.9. The minimum atomic E-state index is -0.252. The van der Waals surface area contributed by atoms with Crippen molar-refractivity contribution in [1.82, 2.24) is 24.3 Å². The van der Waals surface area contributed by atoms with E-state index in [2.05, 4.69) is 35.8 Å². The van der Waals surface area contributed by atoms with Gasteiger partial charge in [0.2, 0.25) is 0 Å². The third kappa shape index (κ3) is 3.40. The Balaban J connectivity index is 1.66. The number of nitrogens with two attached hydrogens (primary N) is 1. The summed E-state index contributed by atoms with van der Waals surface area (Å²) in [7, 11) is 0. The average molecular weight is 429 g/mol. The zero-order chi connectivity index (χ0) is 18.8. The van der Waals surface area contributed by atoms with Gasteiger partial charge in [0.15, 0.2) is 11.5 Å². The van der Waals surface area contributed by atoms with Gasteiger partial charge < -0.3 is 20.8 Å². The molecular formula is C17H17BrN8O. The number of fused-ring (bicyclic) bond motifs is 1. The molecule has 1 saturated heterocycles. The van der Waals surface area contributed by atoms with Gasteiger partial charge in [0.05, 0.1) is 19.0 Å². The van der Waals surface area contributed by atoms with E-state index in [0.717, 1.165) is 17.2 Å². The number of imidazole rings is 1. The molecule has 138 valence electrons. The van der Waals surface area contributed by atoms with Gasteiger partial charge in [-0.05, 0) is 22.0 Å². The van der Waals surface area contributed by atoms with Crippen molar-refractivity contribution >= 4 is 33.6 Å². The van der Waals surface area contributed by atoms with Crippen LogP contribution in [-0.4, -0.2) is 56.4 Å². The van der Waals surface area contributed by atoms with Gasteiger partial charge in [0, 0.05) is 43.5 Å². The van der Waals surface area contributed by atoms with Crippen molar-refractivity contribution in [3.05, 3.63) is 47.2 Å². The molecule has 1 fully saturated rings. The van der Waals surface area contributed by atoms with Crippen molar-refractivity contribution in [2.45, 2.75) is 6.10 Å². The Labute approximate surface area is 163 Å². The Morgan fingerprint density at radius 2 is 2.22 bits per heavy atom. The van der Waals surface area contributed by atoms with Crippen LogP contribution in [0, 0.1) is 5.41 Å². The van der Waals surface area contributed by atoms with E-state index >= 15 is 0 Å². The SMILES string of the molecule is N=CC(=CN)C1CN(c2ccnc(-c3cnc4cnc(Br)cn34)n2)CCO1. The third-order valence-electron chi connectivity index (χ3n) is 4.36. The second-order valence-electron chi connectivity index (χ2n) is 5.94. The van der Waals surface area contributed by atoms with Gasteiger partial charge in [0.25, 0.3) is 0 Å². The summed E-state index contributed by atoms with van der Waals surface area (Å²) in [6.45, 7) is 1.80. The average Bonchev–Trinajstić information content (AvgIpc) is 3.12. The molecule has 27 heavy (non-hydrogen) atoms. The highest BCUT2D eigenvalue weighted by Crippen LogP contribution is 2.23. The Morgan fingerprint density at radius 3 is 3.04 bits per heavy atom. The fraction of sp³-hybridized carbons (Fsp3) is 0.235. The number of anilines is 1. The van der Waals surface area contributed by atoms with E-state index in [4.69, 9.17) is 20.9 Å². The summed E-state index contributed by atoms with van der Waals surface area (Å²) >= 11 is 3.38. The molecule has 1 atom stereocenters. The van der Waals surface area contributed by atoms with Gasteiger partial charge in [-0.2, -0.15) is 0 Å². The van der Waals surface area contributed by atoms with Crippen molar-refractivity contribution in [3.63, 3.8) is 0 Å². The molecule has 9 nitrogen and oxygen atoms in total. The van der Waals surface area contributed by atoms with Crippen LogP contribution in [0.3, 0.4) is 0 Å². The molecule has 4 heterocycles. The highest BCUT2D eigenvalue weighted by molar-refractivity contribution is 9.10. The van der Waals surface area contributed by atoms with Crippen LogP contribution in [0.2, 0.25) is 0 Å². The highest BCUT2D eigenvalue weighted by atomic mass is 79.9. The molecule has 0 saturated carbocycles. The maximum Gasteiger partial charge on any atom is 0.180 e. The van der Waals surface area contributed by atoms with Crippen molar-refractivity contribution in [2.75, 3.05) is 24.6 Å². The molecule has 0 amide bonds. The van der Waals surface area contributed by atoms with E-state index < -0.39 is 0 Å². The van der Waals surface area contributed by atoms with E-state index in [1.807, 2.05) is 16.7 Å². The van der Waals surface area contributed by atoms with Gasteiger partial charge in [-0.1, -0.05) is 0 Å². The predicted octanol–water partition coefficient (Wildman–Crippen LogP) is 1.65. The molecule has 3 aromatic heterocycles. The highest BCUT2D eigenvalue weighted by Gasteiger charge is 2.24. The van der Waals surface area contributed by atoms with Gasteiger partial charge >= 0.3 is 0 Å². The van der Waals surface area contributed by atoms with Gasteiger partial charge in [-0.3, -0.25) is 4.40 Å². The fourth-order valence-electron chi connectivity index (χ4n) is 2.99. The normalized spacial score (nSPS) is 18.0. The van der Waals surface area contributed by atoms with Crippen molar-refractivity contribution < 1.29 is 4.74 Å². The Bertz CT molecular complexity index is 1020. The lowest BCUT2D eigenvalue weighted by molar-refractivity contribution is 0.0676. The molecule has 3 aromatic rings. The Hall–Kier alpha value is -2.85. The number of ether oxygens (including phenoxy) is 1. The van der Waals surface area contributed by atoms with Gasteiger partial charge in [0.1, 0.15) is 22.2 Å². The van der Waals surface area contributed by atoms with Crippen LogP contribution in [0.15, 0.2) is 47.2 Å².